The van der Waals surface area contributed by atoms with Crippen LogP contribution in [-0.2, 0) is 0 Å². The second-order valence-corrected chi connectivity index (χ2v) is 6.67. The first-order valence-electron chi connectivity index (χ1n) is 6.55. The molecule has 0 aromatic carbocycles. The number of likely N-dealkylation sites (tertiary alicyclic amines) is 1. The Balaban J connectivity index is 2.07. The minimum atomic E-state index is -0.153. The Hall–Kier alpha value is -1.14. The average molecular weight is 309 g/mol. The molecule has 1 aromatic heterocycles. The van der Waals surface area contributed by atoms with Gasteiger partial charge in [-0.2, -0.15) is 11.8 Å². The summed E-state index contributed by atoms with van der Waals surface area (Å²) in [7, 11) is 0. The molecule has 0 saturated carbocycles. The van der Waals surface area contributed by atoms with Crippen molar-refractivity contribution in [2.75, 3.05) is 19.3 Å². The SMILES string of the molecule is CSC1(C(N)=S)CCN(C(=O)c2ccnc(C)c2)CC1. The fourth-order valence-corrected chi connectivity index (χ4v) is 3.73. The van der Waals surface area contributed by atoms with E-state index in [-0.39, 0.29) is 10.7 Å². The summed E-state index contributed by atoms with van der Waals surface area (Å²) in [4.78, 5) is 19.0. The van der Waals surface area contributed by atoms with Crippen LogP contribution >= 0.6 is 24.0 Å². The van der Waals surface area contributed by atoms with Crippen molar-refractivity contribution in [2.45, 2.75) is 24.5 Å². The van der Waals surface area contributed by atoms with Crippen LogP contribution in [0.2, 0.25) is 0 Å². The van der Waals surface area contributed by atoms with Crippen LogP contribution < -0.4 is 5.73 Å². The highest BCUT2D eigenvalue weighted by Gasteiger charge is 2.37. The van der Waals surface area contributed by atoms with Crippen molar-refractivity contribution in [2.24, 2.45) is 5.73 Å². The van der Waals surface area contributed by atoms with Crippen LogP contribution in [0.4, 0.5) is 0 Å². The van der Waals surface area contributed by atoms with Crippen LogP contribution in [0.5, 0.6) is 0 Å². The second-order valence-electron chi connectivity index (χ2n) is 5.04. The number of thioether (sulfide) groups is 1. The number of carbonyl (C=O) groups excluding carboxylic acids is 1. The standard InChI is InChI=1S/C14H19N3OS2/c1-10-9-11(3-6-16-10)12(18)17-7-4-14(20-2,5-8-17)13(15)19/h3,6,9H,4-5,7-8H2,1-2H3,(H2,15,19). The number of thiocarbonyl (C=S) groups is 1. The molecule has 1 aromatic rings. The van der Waals surface area contributed by atoms with Gasteiger partial charge in [0.15, 0.2) is 0 Å². The van der Waals surface area contributed by atoms with Crippen molar-refractivity contribution >= 4 is 34.9 Å². The Labute approximate surface area is 129 Å². The molecule has 108 valence electrons. The number of rotatable bonds is 3. The number of hydrogen-bond acceptors (Lipinski definition) is 4. The van der Waals surface area contributed by atoms with E-state index in [4.69, 9.17) is 18.0 Å². The van der Waals surface area contributed by atoms with Crippen molar-refractivity contribution in [1.29, 1.82) is 0 Å². The number of aromatic nitrogens is 1. The molecule has 2 rings (SSSR count). The minimum Gasteiger partial charge on any atom is -0.392 e. The van der Waals surface area contributed by atoms with Crippen LogP contribution in [0.3, 0.4) is 0 Å². The molecule has 1 amide bonds. The molecule has 2 N–H and O–H groups in total. The number of nitrogens with two attached hydrogens (primary N) is 1. The van der Waals surface area contributed by atoms with E-state index < -0.39 is 0 Å². The van der Waals surface area contributed by atoms with Crippen LogP contribution in [0.25, 0.3) is 0 Å². The van der Waals surface area contributed by atoms with Crippen molar-refractivity contribution in [3.63, 3.8) is 0 Å². The highest BCUT2D eigenvalue weighted by molar-refractivity contribution is 8.02. The predicted octanol–water partition coefficient (Wildman–Crippen LogP) is 2.01. The first-order valence-corrected chi connectivity index (χ1v) is 8.19. The van der Waals surface area contributed by atoms with E-state index in [9.17, 15) is 4.79 Å². The molecule has 0 spiro atoms. The van der Waals surface area contributed by atoms with E-state index in [2.05, 4.69) is 4.98 Å². The zero-order valence-electron chi connectivity index (χ0n) is 11.8. The number of pyridine rings is 1. The minimum absolute atomic E-state index is 0.0631. The third-order valence-electron chi connectivity index (χ3n) is 3.84. The second kappa shape index (κ2) is 6.10. The van der Waals surface area contributed by atoms with E-state index in [1.165, 1.54) is 0 Å². The smallest absolute Gasteiger partial charge is 0.253 e. The van der Waals surface area contributed by atoms with Crippen molar-refractivity contribution < 1.29 is 4.79 Å². The van der Waals surface area contributed by atoms with Crippen LogP contribution in [0.1, 0.15) is 28.9 Å². The summed E-state index contributed by atoms with van der Waals surface area (Å²) < 4.78 is -0.153. The molecule has 0 radical (unpaired) electrons. The molecule has 6 heteroatoms. The molecule has 0 bridgehead atoms. The Bertz CT molecular complexity index is 525. The Kier molecular flexibility index (Phi) is 4.65. The normalized spacial score (nSPS) is 17.8. The summed E-state index contributed by atoms with van der Waals surface area (Å²) in [6.45, 7) is 3.27. The molecule has 4 nitrogen and oxygen atoms in total. The summed E-state index contributed by atoms with van der Waals surface area (Å²) in [5, 5.41) is 0. The Morgan fingerprint density at radius 2 is 2.15 bits per heavy atom. The van der Waals surface area contributed by atoms with Gasteiger partial charge in [-0.3, -0.25) is 9.78 Å². The molecular weight excluding hydrogens is 290 g/mol. The molecule has 1 fully saturated rings. The highest BCUT2D eigenvalue weighted by Crippen LogP contribution is 2.35. The van der Waals surface area contributed by atoms with Gasteiger partial charge in [0.2, 0.25) is 0 Å². The number of carbonyl (C=O) groups is 1. The Morgan fingerprint density at radius 3 is 2.65 bits per heavy atom. The Morgan fingerprint density at radius 1 is 1.50 bits per heavy atom. The fraction of sp³-hybridized carbons (Fsp3) is 0.500. The van der Waals surface area contributed by atoms with Gasteiger partial charge < -0.3 is 10.6 Å². The summed E-state index contributed by atoms with van der Waals surface area (Å²) in [5.41, 5.74) is 7.42. The number of nitrogens with zero attached hydrogens (tertiary/aromatic N) is 2. The van der Waals surface area contributed by atoms with Crippen molar-refractivity contribution in [3.05, 3.63) is 29.6 Å². The molecule has 20 heavy (non-hydrogen) atoms. The summed E-state index contributed by atoms with van der Waals surface area (Å²) in [6, 6.07) is 3.59. The zero-order chi connectivity index (χ0) is 14.8. The third kappa shape index (κ3) is 2.96. The average Bonchev–Trinajstić information content (AvgIpc) is 2.46. The lowest BCUT2D eigenvalue weighted by atomic mass is 9.95. The lowest BCUT2D eigenvalue weighted by molar-refractivity contribution is 0.0718. The van der Waals surface area contributed by atoms with Gasteiger partial charge in [0, 0.05) is 30.5 Å². The first kappa shape index (κ1) is 15.3. The summed E-state index contributed by atoms with van der Waals surface area (Å²) in [6.07, 6.45) is 5.34. The number of piperidine rings is 1. The topological polar surface area (TPSA) is 59.2 Å². The fourth-order valence-electron chi connectivity index (χ4n) is 2.48. The van der Waals surface area contributed by atoms with Gasteiger partial charge in [-0.25, -0.2) is 0 Å². The maximum atomic E-state index is 12.4. The molecular formula is C14H19N3OS2. The van der Waals surface area contributed by atoms with Gasteiger partial charge in [-0.15, -0.1) is 0 Å². The lowest BCUT2D eigenvalue weighted by Gasteiger charge is -2.40. The van der Waals surface area contributed by atoms with E-state index in [0.29, 0.717) is 23.6 Å². The summed E-state index contributed by atoms with van der Waals surface area (Å²) >= 11 is 6.89. The van der Waals surface area contributed by atoms with E-state index in [1.54, 1.807) is 24.0 Å². The quantitative estimate of drug-likeness (QED) is 0.866. The highest BCUT2D eigenvalue weighted by atomic mass is 32.2. The number of hydrogen-bond donors (Lipinski definition) is 1. The molecule has 0 aliphatic carbocycles. The first-order chi connectivity index (χ1) is 9.48. The molecule has 1 aliphatic heterocycles. The molecule has 1 aliphatic rings. The largest absolute Gasteiger partial charge is 0.392 e. The molecule has 0 atom stereocenters. The predicted molar refractivity (Wildman–Crippen MR) is 87.1 cm³/mol. The molecule has 1 saturated heterocycles. The number of amides is 1. The third-order valence-corrected chi connectivity index (χ3v) is 5.77. The van der Waals surface area contributed by atoms with Gasteiger partial charge in [0.1, 0.15) is 0 Å². The van der Waals surface area contributed by atoms with E-state index in [0.717, 1.165) is 18.5 Å². The maximum absolute atomic E-state index is 12.4. The molecule has 0 unspecified atom stereocenters. The van der Waals surface area contributed by atoms with Crippen molar-refractivity contribution in [3.8, 4) is 0 Å². The van der Waals surface area contributed by atoms with E-state index in [1.807, 2.05) is 24.1 Å². The number of aryl methyl sites for hydroxylation is 1. The van der Waals surface area contributed by atoms with Crippen LogP contribution in [0.15, 0.2) is 18.3 Å². The monoisotopic (exact) mass is 309 g/mol. The van der Waals surface area contributed by atoms with Crippen LogP contribution in [-0.4, -0.2) is 44.9 Å². The van der Waals surface area contributed by atoms with Gasteiger partial charge in [-0.1, -0.05) is 12.2 Å². The maximum Gasteiger partial charge on any atom is 0.253 e. The van der Waals surface area contributed by atoms with Gasteiger partial charge in [0.05, 0.1) is 9.74 Å². The van der Waals surface area contributed by atoms with E-state index >= 15 is 0 Å². The lowest BCUT2D eigenvalue weighted by Crippen LogP contribution is -2.50. The summed E-state index contributed by atoms with van der Waals surface area (Å²) in [5.74, 6) is 0.0631. The zero-order valence-corrected chi connectivity index (χ0v) is 13.4. The van der Waals surface area contributed by atoms with Gasteiger partial charge in [0.25, 0.3) is 5.91 Å². The van der Waals surface area contributed by atoms with Crippen molar-refractivity contribution in [1.82, 2.24) is 9.88 Å². The van der Waals surface area contributed by atoms with Gasteiger partial charge in [-0.05, 0) is 38.2 Å². The van der Waals surface area contributed by atoms with Crippen LogP contribution in [0, 0.1) is 6.92 Å². The van der Waals surface area contributed by atoms with Gasteiger partial charge >= 0.3 is 0 Å². The molecule has 2 heterocycles.